The van der Waals surface area contributed by atoms with Crippen molar-refractivity contribution in [1.29, 1.82) is 0 Å². The summed E-state index contributed by atoms with van der Waals surface area (Å²) in [6.07, 6.45) is 1.74. The van der Waals surface area contributed by atoms with E-state index in [2.05, 4.69) is 10.3 Å². The molecule has 0 aliphatic carbocycles. The van der Waals surface area contributed by atoms with E-state index >= 15 is 0 Å². The van der Waals surface area contributed by atoms with Crippen molar-refractivity contribution in [3.05, 3.63) is 53.6 Å². The Morgan fingerprint density at radius 3 is 2.48 bits per heavy atom. The molecule has 1 N–H and O–H groups in total. The molecule has 0 saturated heterocycles. The number of hydrogen-bond acceptors (Lipinski definition) is 5. The van der Waals surface area contributed by atoms with Crippen LogP contribution >= 0.6 is 11.3 Å². The lowest BCUT2D eigenvalue weighted by atomic mass is 10.2. The topological polar surface area (TPSA) is 79.4 Å². The second-order valence-corrected chi connectivity index (χ2v) is 9.74. The van der Waals surface area contributed by atoms with Gasteiger partial charge >= 0.3 is 0 Å². The molecule has 0 fully saturated rings. The Morgan fingerprint density at radius 1 is 1.14 bits per heavy atom. The van der Waals surface area contributed by atoms with Gasteiger partial charge in [0.25, 0.3) is 5.91 Å². The molecule has 0 aliphatic heterocycles. The van der Waals surface area contributed by atoms with Gasteiger partial charge in [-0.25, -0.2) is 13.4 Å². The first kappa shape index (κ1) is 21.4. The maximum absolute atomic E-state index is 12.8. The number of anilines is 1. The second-order valence-electron chi connectivity index (χ2n) is 6.77. The van der Waals surface area contributed by atoms with E-state index in [-0.39, 0.29) is 10.8 Å². The Balaban J connectivity index is 1.76. The Morgan fingerprint density at radius 2 is 1.86 bits per heavy atom. The average Bonchev–Trinajstić information content (AvgIpc) is 3.12. The van der Waals surface area contributed by atoms with Crippen molar-refractivity contribution >= 4 is 42.6 Å². The monoisotopic (exact) mass is 431 g/mol. The van der Waals surface area contributed by atoms with Gasteiger partial charge in [-0.15, -0.1) is 0 Å². The van der Waals surface area contributed by atoms with Crippen molar-refractivity contribution in [2.45, 2.75) is 38.5 Å². The molecule has 0 saturated carbocycles. The van der Waals surface area contributed by atoms with Crippen molar-refractivity contribution in [1.82, 2.24) is 9.29 Å². The molecule has 1 heterocycles. The van der Waals surface area contributed by atoms with Gasteiger partial charge in [-0.05, 0) is 49.2 Å². The lowest BCUT2D eigenvalue weighted by Gasteiger charge is -2.20. The van der Waals surface area contributed by atoms with Crippen LogP contribution in [-0.4, -0.2) is 36.7 Å². The number of rotatable bonds is 8. The van der Waals surface area contributed by atoms with Gasteiger partial charge in [0, 0.05) is 18.7 Å². The van der Waals surface area contributed by atoms with Gasteiger partial charge in [0.15, 0.2) is 5.13 Å². The maximum atomic E-state index is 12.8. The van der Waals surface area contributed by atoms with E-state index in [9.17, 15) is 13.2 Å². The lowest BCUT2D eigenvalue weighted by Crippen LogP contribution is -2.31. The summed E-state index contributed by atoms with van der Waals surface area (Å²) in [4.78, 5) is 17.2. The summed E-state index contributed by atoms with van der Waals surface area (Å²) in [5, 5.41) is 3.32. The van der Waals surface area contributed by atoms with Gasteiger partial charge in [-0.3, -0.25) is 10.1 Å². The van der Waals surface area contributed by atoms with Crippen LogP contribution in [0.15, 0.2) is 47.4 Å². The fourth-order valence-corrected chi connectivity index (χ4v) is 5.45. The number of nitrogens with one attached hydrogen (secondary N) is 1. The fourth-order valence-electron chi connectivity index (χ4n) is 3.02. The van der Waals surface area contributed by atoms with Gasteiger partial charge in [0.05, 0.1) is 15.1 Å². The molecule has 2 aromatic carbocycles. The molecule has 3 rings (SSSR count). The van der Waals surface area contributed by atoms with Crippen LogP contribution in [0.4, 0.5) is 5.13 Å². The largest absolute Gasteiger partial charge is 0.298 e. The molecule has 8 heteroatoms. The number of unbranched alkanes of at least 4 members (excludes halogenated alkanes) is 1. The number of sulfonamides is 1. The first-order valence-corrected chi connectivity index (χ1v) is 11.9. The van der Waals surface area contributed by atoms with Gasteiger partial charge in [-0.1, -0.05) is 43.7 Å². The number of hydrogen-bond donors (Lipinski definition) is 1. The van der Waals surface area contributed by atoms with Gasteiger partial charge in [-0.2, -0.15) is 4.31 Å². The predicted octanol–water partition coefficient (Wildman–Crippen LogP) is 4.67. The zero-order chi connectivity index (χ0) is 21.0. The quantitative estimate of drug-likeness (QED) is 0.562. The SMILES string of the molecule is CCCCN(CC)S(=O)(=O)c1ccc(C(=O)Nc2nc3c(C)cccc3s2)cc1. The summed E-state index contributed by atoms with van der Waals surface area (Å²) in [6.45, 7) is 6.75. The smallest absolute Gasteiger partial charge is 0.257 e. The summed E-state index contributed by atoms with van der Waals surface area (Å²) in [5.74, 6) is -0.316. The minimum atomic E-state index is -3.56. The molecule has 0 atom stereocenters. The Labute approximate surface area is 175 Å². The van der Waals surface area contributed by atoms with Crippen molar-refractivity contribution in [3.8, 4) is 0 Å². The third kappa shape index (κ3) is 4.66. The van der Waals surface area contributed by atoms with Gasteiger partial charge in [0.1, 0.15) is 0 Å². The summed E-state index contributed by atoms with van der Waals surface area (Å²) in [6, 6.07) is 12.0. The van der Waals surface area contributed by atoms with Crippen molar-refractivity contribution < 1.29 is 13.2 Å². The van der Waals surface area contributed by atoms with Crippen molar-refractivity contribution in [3.63, 3.8) is 0 Å². The van der Waals surface area contributed by atoms with E-state index in [1.165, 1.54) is 39.9 Å². The molecule has 3 aromatic rings. The number of amides is 1. The molecular formula is C21H25N3O3S2. The Bertz CT molecular complexity index is 1110. The van der Waals surface area contributed by atoms with Crippen LogP contribution in [0, 0.1) is 6.92 Å². The molecule has 6 nitrogen and oxygen atoms in total. The minimum absolute atomic E-state index is 0.197. The van der Waals surface area contributed by atoms with E-state index in [0.717, 1.165) is 28.6 Å². The number of aromatic nitrogens is 1. The van der Waals surface area contributed by atoms with Crippen LogP contribution in [0.2, 0.25) is 0 Å². The summed E-state index contributed by atoms with van der Waals surface area (Å²) >= 11 is 1.41. The highest BCUT2D eigenvalue weighted by Crippen LogP contribution is 2.28. The first-order valence-electron chi connectivity index (χ1n) is 9.64. The fraction of sp³-hybridized carbons (Fsp3) is 0.333. The zero-order valence-electron chi connectivity index (χ0n) is 16.8. The lowest BCUT2D eigenvalue weighted by molar-refractivity contribution is 0.102. The van der Waals surface area contributed by atoms with E-state index in [1.54, 1.807) is 0 Å². The number of para-hydroxylation sites is 1. The molecule has 154 valence electrons. The summed E-state index contributed by atoms with van der Waals surface area (Å²) < 4.78 is 28.1. The maximum Gasteiger partial charge on any atom is 0.257 e. The van der Waals surface area contributed by atoms with Crippen LogP contribution in [-0.2, 0) is 10.0 Å². The standard InChI is InChI=1S/C21H25N3O3S2/c1-4-6-14-24(5-2)29(26,27)17-12-10-16(11-13-17)20(25)23-21-22-19-15(3)8-7-9-18(19)28-21/h7-13H,4-6,14H2,1-3H3,(H,22,23,25). The predicted molar refractivity (Wildman–Crippen MR) is 118 cm³/mol. The molecule has 29 heavy (non-hydrogen) atoms. The highest BCUT2D eigenvalue weighted by atomic mass is 32.2. The number of benzene rings is 2. The second kappa shape index (κ2) is 9.02. The summed E-state index contributed by atoms with van der Waals surface area (Å²) in [5.41, 5.74) is 2.31. The van der Waals surface area contributed by atoms with Crippen LogP contribution in [0.1, 0.15) is 42.6 Å². The molecule has 0 bridgehead atoms. The number of nitrogens with zero attached hydrogens (tertiary/aromatic N) is 2. The van der Waals surface area contributed by atoms with Crippen molar-refractivity contribution in [2.24, 2.45) is 0 Å². The summed E-state index contributed by atoms with van der Waals surface area (Å²) in [7, 11) is -3.56. The molecule has 0 radical (unpaired) electrons. The zero-order valence-corrected chi connectivity index (χ0v) is 18.4. The Hall–Kier alpha value is -2.29. The normalized spacial score (nSPS) is 11.9. The molecule has 1 aromatic heterocycles. The number of thiazole rings is 1. The van der Waals surface area contributed by atoms with E-state index in [1.807, 2.05) is 39.0 Å². The number of fused-ring (bicyclic) bond motifs is 1. The van der Waals surface area contributed by atoms with E-state index in [4.69, 9.17) is 0 Å². The molecule has 0 spiro atoms. The number of carbonyl (C=O) groups is 1. The third-order valence-electron chi connectivity index (χ3n) is 4.71. The third-order valence-corrected chi connectivity index (χ3v) is 7.63. The first-order chi connectivity index (χ1) is 13.9. The molecule has 0 aliphatic rings. The van der Waals surface area contributed by atoms with Gasteiger partial charge in [0.2, 0.25) is 10.0 Å². The van der Waals surface area contributed by atoms with Crippen molar-refractivity contribution in [2.75, 3.05) is 18.4 Å². The Kier molecular flexibility index (Phi) is 6.66. The van der Waals surface area contributed by atoms with Crippen LogP contribution in [0.3, 0.4) is 0 Å². The van der Waals surface area contributed by atoms with Gasteiger partial charge < -0.3 is 0 Å². The van der Waals surface area contributed by atoms with Crippen LogP contribution in [0.5, 0.6) is 0 Å². The number of aryl methyl sites for hydroxylation is 1. The molecule has 0 unspecified atom stereocenters. The van der Waals surface area contributed by atoms with Crippen LogP contribution < -0.4 is 5.32 Å². The van der Waals surface area contributed by atoms with Crippen LogP contribution in [0.25, 0.3) is 10.2 Å². The average molecular weight is 432 g/mol. The van der Waals surface area contributed by atoms with E-state index < -0.39 is 10.0 Å². The highest BCUT2D eigenvalue weighted by molar-refractivity contribution is 7.89. The number of carbonyl (C=O) groups excluding carboxylic acids is 1. The van der Waals surface area contributed by atoms with E-state index in [0.29, 0.717) is 23.8 Å². The molecule has 1 amide bonds. The molecular weight excluding hydrogens is 406 g/mol. The minimum Gasteiger partial charge on any atom is -0.298 e. The highest BCUT2D eigenvalue weighted by Gasteiger charge is 2.22.